The Balaban J connectivity index is 3.05. The maximum Gasteiger partial charge on any atom is 0.00886 e. The van der Waals surface area contributed by atoms with E-state index in [0.717, 1.165) is 25.7 Å². The van der Waals surface area contributed by atoms with Gasteiger partial charge < -0.3 is 0 Å². The Bertz CT molecular complexity index is 194. The van der Waals surface area contributed by atoms with Crippen LogP contribution in [0.15, 0.2) is 0 Å². The Morgan fingerprint density at radius 1 is 0.444 bits per heavy atom. The van der Waals surface area contributed by atoms with Gasteiger partial charge in [0.05, 0.1) is 0 Å². The molecule has 0 saturated carbocycles. The van der Waals surface area contributed by atoms with Gasteiger partial charge in [0.1, 0.15) is 0 Å². The van der Waals surface area contributed by atoms with Gasteiger partial charge in [-0.1, -0.05) is 78.1 Å². The molecule has 0 aliphatic rings. The van der Waals surface area contributed by atoms with E-state index in [4.69, 9.17) is 0 Å². The van der Waals surface area contributed by atoms with Gasteiger partial charge in [0.2, 0.25) is 0 Å². The van der Waals surface area contributed by atoms with Crippen molar-refractivity contribution in [3.63, 3.8) is 0 Å². The summed E-state index contributed by atoms with van der Waals surface area (Å²) in [4.78, 5) is 0. The molecule has 0 N–H and O–H groups in total. The molecule has 0 bridgehead atoms. The van der Waals surface area contributed by atoms with E-state index in [2.05, 4.69) is 25.7 Å². The van der Waals surface area contributed by atoms with Crippen LogP contribution in [0.1, 0.15) is 89.9 Å². The first-order valence-electron chi connectivity index (χ1n) is 7.96. The van der Waals surface area contributed by atoms with Crippen LogP contribution in [0, 0.1) is 25.7 Å². The van der Waals surface area contributed by atoms with E-state index in [9.17, 15) is 0 Å². The number of rotatable bonds is 12. The molecular weight excluding hydrogens is 216 g/mol. The highest BCUT2D eigenvalue weighted by Gasteiger charge is 1.89. The summed E-state index contributed by atoms with van der Waals surface area (Å²) in [5.41, 5.74) is 0. The fraction of sp³-hybridized carbons (Fsp3) is 0.778. The minimum atomic E-state index is 1.08. The van der Waals surface area contributed by atoms with Gasteiger partial charge in [-0.2, -0.15) is 0 Å². The van der Waals surface area contributed by atoms with Gasteiger partial charge in [-0.05, 0) is 12.8 Å². The van der Waals surface area contributed by atoms with Crippen molar-refractivity contribution < 1.29 is 0 Å². The lowest BCUT2D eigenvalue weighted by molar-refractivity contribution is 0.601. The molecule has 2 radical (unpaired) electrons. The topological polar surface area (TPSA) is 0 Å². The van der Waals surface area contributed by atoms with Crippen molar-refractivity contribution in [2.75, 3.05) is 0 Å². The Hall–Kier alpha value is -0.440. The molecule has 0 aromatic carbocycles. The van der Waals surface area contributed by atoms with E-state index in [1.807, 2.05) is 0 Å². The van der Waals surface area contributed by atoms with Crippen LogP contribution in [0.5, 0.6) is 0 Å². The Kier molecular flexibility index (Phi) is 16.2. The zero-order chi connectivity index (χ0) is 13.3. The fourth-order valence-corrected chi connectivity index (χ4v) is 2.02. The first-order valence-corrected chi connectivity index (χ1v) is 7.96. The molecule has 0 aromatic heterocycles. The molecule has 0 rings (SSSR count). The van der Waals surface area contributed by atoms with Crippen LogP contribution in [-0.4, -0.2) is 0 Å². The molecule has 0 nitrogen and oxygen atoms in total. The lowest BCUT2D eigenvalue weighted by Gasteiger charge is -1.98. The van der Waals surface area contributed by atoms with E-state index < -0.39 is 0 Å². The molecule has 104 valence electrons. The van der Waals surface area contributed by atoms with Crippen LogP contribution in [0.25, 0.3) is 0 Å². The largest absolute Gasteiger partial charge is 0.103 e. The molecule has 0 atom stereocenters. The molecule has 0 aliphatic heterocycles. The zero-order valence-electron chi connectivity index (χ0n) is 12.3. The predicted molar refractivity (Wildman–Crippen MR) is 83.1 cm³/mol. The van der Waals surface area contributed by atoms with Gasteiger partial charge in [0.15, 0.2) is 0 Å². The van der Waals surface area contributed by atoms with Gasteiger partial charge in [-0.25, -0.2) is 0 Å². The molecule has 0 heteroatoms. The third-order valence-electron chi connectivity index (χ3n) is 3.23. The van der Waals surface area contributed by atoms with Crippen molar-refractivity contribution in [1.29, 1.82) is 0 Å². The third-order valence-corrected chi connectivity index (χ3v) is 3.23. The van der Waals surface area contributed by atoms with E-state index in [1.54, 1.807) is 0 Å². The molecule has 0 amide bonds. The summed E-state index contributed by atoms with van der Waals surface area (Å²) in [7, 11) is 0. The van der Waals surface area contributed by atoms with Gasteiger partial charge >= 0.3 is 0 Å². The van der Waals surface area contributed by atoms with E-state index in [1.165, 1.54) is 64.2 Å². The minimum Gasteiger partial charge on any atom is -0.103 e. The summed E-state index contributed by atoms with van der Waals surface area (Å²) < 4.78 is 0. The average molecular weight is 248 g/mol. The number of unbranched alkanes of at least 4 members (excludes halogenated alkanes) is 12. The molecule has 0 unspecified atom stereocenters. The van der Waals surface area contributed by atoms with Gasteiger partial charge in [0, 0.05) is 12.8 Å². The lowest BCUT2D eigenvalue weighted by atomic mass is 10.1. The second kappa shape index (κ2) is 16.6. The maximum atomic E-state index is 3.86. The average Bonchev–Trinajstić information content (AvgIpc) is 2.39. The van der Waals surface area contributed by atoms with Gasteiger partial charge in [0.25, 0.3) is 0 Å². The normalized spacial score (nSPS) is 10.1. The highest BCUT2D eigenvalue weighted by atomic mass is 14.0. The van der Waals surface area contributed by atoms with Crippen molar-refractivity contribution in [3.8, 4) is 11.8 Å². The smallest absolute Gasteiger partial charge is 0.00886 e. The zero-order valence-corrected chi connectivity index (χ0v) is 12.3. The lowest BCUT2D eigenvalue weighted by Crippen LogP contribution is -1.79. The Labute approximate surface area is 116 Å². The summed E-state index contributed by atoms with van der Waals surface area (Å²) >= 11 is 0. The van der Waals surface area contributed by atoms with Crippen LogP contribution >= 0.6 is 0 Å². The quantitative estimate of drug-likeness (QED) is 0.288. The maximum absolute atomic E-state index is 3.86. The van der Waals surface area contributed by atoms with E-state index >= 15 is 0 Å². The van der Waals surface area contributed by atoms with Crippen molar-refractivity contribution >= 4 is 0 Å². The predicted octanol–water partition coefficient (Wildman–Crippen LogP) is 6.12. The number of hydrogen-bond donors (Lipinski definition) is 0. The van der Waals surface area contributed by atoms with Crippen molar-refractivity contribution in [3.05, 3.63) is 13.8 Å². The van der Waals surface area contributed by atoms with Crippen LogP contribution in [0.2, 0.25) is 0 Å². The first kappa shape index (κ1) is 17.6. The third kappa shape index (κ3) is 15.6. The summed E-state index contributed by atoms with van der Waals surface area (Å²) in [6.07, 6.45) is 17.7. The highest BCUT2D eigenvalue weighted by molar-refractivity contribution is 4.98. The summed E-state index contributed by atoms with van der Waals surface area (Å²) in [5.74, 6) is 6.61. The molecule has 0 saturated heterocycles. The minimum absolute atomic E-state index is 1.08. The van der Waals surface area contributed by atoms with Gasteiger partial charge in [-0.3, -0.25) is 0 Å². The van der Waals surface area contributed by atoms with E-state index in [-0.39, 0.29) is 0 Å². The SMILES string of the molecule is [CH2]CCCCCCC#CCCCCCCCC[CH2]. The Morgan fingerprint density at radius 2 is 0.778 bits per heavy atom. The summed E-state index contributed by atoms with van der Waals surface area (Å²) in [6.45, 7) is 7.72. The van der Waals surface area contributed by atoms with Crippen molar-refractivity contribution in [1.82, 2.24) is 0 Å². The van der Waals surface area contributed by atoms with Crippen LogP contribution in [-0.2, 0) is 0 Å². The monoisotopic (exact) mass is 248 g/mol. The summed E-state index contributed by atoms with van der Waals surface area (Å²) in [6, 6.07) is 0. The van der Waals surface area contributed by atoms with Gasteiger partial charge in [-0.15, -0.1) is 11.8 Å². The summed E-state index contributed by atoms with van der Waals surface area (Å²) in [5, 5.41) is 0. The highest BCUT2D eigenvalue weighted by Crippen LogP contribution is 2.08. The first-order chi connectivity index (χ1) is 8.91. The van der Waals surface area contributed by atoms with E-state index in [0.29, 0.717) is 0 Å². The second-order valence-electron chi connectivity index (χ2n) is 5.10. The molecule has 0 heterocycles. The molecule has 0 spiro atoms. The Morgan fingerprint density at radius 3 is 1.17 bits per heavy atom. The standard InChI is InChI=1S/C18H32/c1-3-5-7-9-11-13-15-17-18-16-14-12-10-8-6-4-2/h1-15,17H2. The molecule has 0 aromatic rings. The molecule has 18 heavy (non-hydrogen) atoms. The molecule has 0 fully saturated rings. The van der Waals surface area contributed by atoms with Crippen molar-refractivity contribution in [2.45, 2.75) is 89.9 Å². The second-order valence-corrected chi connectivity index (χ2v) is 5.10. The molecule has 0 aliphatic carbocycles. The number of hydrogen-bond acceptors (Lipinski definition) is 0. The molecular formula is C18H32. The van der Waals surface area contributed by atoms with Crippen LogP contribution in [0.3, 0.4) is 0 Å². The van der Waals surface area contributed by atoms with Crippen molar-refractivity contribution in [2.24, 2.45) is 0 Å². The van der Waals surface area contributed by atoms with Crippen LogP contribution in [0.4, 0.5) is 0 Å². The van der Waals surface area contributed by atoms with Crippen LogP contribution < -0.4 is 0 Å². The fourth-order valence-electron chi connectivity index (χ4n) is 2.02.